The zero-order valence-electron chi connectivity index (χ0n) is 8.15. The van der Waals surface area contributed by atoms with Crippen molar-refractivity contribution in [3.05, 3.63) is 27.0 Å². The zero-order chi connectivity index (χ0) is 11.3. The zero-order valence-corrected chi connectivity index (χ0v) is 8.15. The summed E-state index contributed by atoms with van der Waals surface area (Å²) in [7, 11) is 0. The van der Waals surface area contributed by atoms with Crippen molar-refractivity contribution < 1.29 is 9.53 Å². The van der Waals surface area contributed by atoms with Gasteiger partial charge in [-0.15, -0.1) is 0 Å². The first-order valence-electron chi connectivity index (χ1n) is 4.38. The highest BCUT2D eigenvalue weighted by Gasteiger charge is 2.02. The molecular weight excluding hydrogens is 202 g/mol. The summed E-state index contributed by atoms with van der Waals surface area (Å²) in [5.74, 6) is -0.360. The van der Waals surface area contributed by atoms with E-state index in [0.29, 0.717) is 0 Å². The van der Waals surface area contributed by atoms with Crippen LogP contribution in [0.25, 0.3) is 0 Å². The van der Waals surface area contributed by atoms with Crippen LogP contribution in [0.3, 0.4) is 0 Å². The van der Waals surface area contributed by atoms with E-state index in [4.69, 9.17) is 4.74 Å². The third-order valence-corrected chi connectivity index (χ3v) is 1.63. The molecule has 7 heteroatoms. The van der Waals surface area contributed by atoms with E-state index in [1.54, 1.807) is 6.92 Å². The fraction of sp³-hybridized carbons (Fsp3) is 0.500. The molecule has 1 radical (unpaired) electrons. The molecule has 81 valence electrons. The molecule has 7 nitrogen and oxygen atoms in total. The summed E-state index contributed by atoms with van der Waals surface area (Å²) in [5, 5.41) is 5.27. The number of hydrogen-bond acceptors (Lipinski definition) is 5. The largest absolute Gasteiger partial charge is 0.464 e. The highest BCUT2D eigenvalue weighted by molar-refractivity contribution is 5.68. The van der Waals surface area contributed by atoms with Crippen molar-refractivity contribution in [3.63, 3.8) is 0 Å². The fourth-order valence-electron chi connectivity index (χ4n) is 0.856. The summed E-state index contributed by atoms with van der Waals surface area (Å²) >= 11 is 0. The lowest BCUT2D eigenvalue weighted by molar-refractivity contribution is -0.143. The van der Waals surface area contributed by atoms with Gasteiger partial charge in [0, 0.05) is 6.42 Å². The van der Waals surface area contributed by atoms with Gasteiger partial charge >= 0.3 is 17.1 Å². The summed E-state index contributed by atoms with van der Waals surface area (Å²) in [6.07, 6.45) is 2.55. The van der Waals surface area contributed by atoms with Gasteiger partial charge in [-0.2, -0.15) is 5.10 Å². The second kappa shape index (κ2) is 5.08. The molecule has 1 rings (SSSR count). The minimum absolute atomic E-state index is 0.0220. The minimum Gasteiger partial charge on any atom is -0.464 e. The van der Waals surface area contributed by atoms with E-state index in [2.05, 4.69) is 11.4 Å². The summed E-state index contributed by atoms with van der Waals surface area (Å²) in [4.78, 5) is 32.7. The number of ether oxygens (including phenoxy) is 1. The normalized spacial score (nSPS) is 9.93. The Hall–Kier alpha value is -1.92. The molecule has 0 saturated carbocycles. The molecule has 1 aromatic heterocycles. The van der Waals surface area contributed by atoms with Crippen LogP contribution in [0.1, 0.15) is 13.3 Å². The van der Waals surface area contributed by atoms with Crippen molar-refractivity contribution in [1.29, 1.82) is 0 Å². The number of nitrogens with one attached hydrogen (secondary N) is 1. The van der Waals surface area contributed by atoms with Crippen molar-refractivity contribution in [3.8, 4) is 0 Å². The number of aromatic amines is 1. The molecule has 0 aliphatic heterocycles. The van der Waals surface area contributed by atoms with Gasteiger partial charge in [0.25, 0.3) is 0 Å². The van der Waals surface area contributed by atoms with Gasteiger partial charge in [-0.1, -0.05) is 6.92 Å². The Morgan fingerprint density at radius 3 is 3.00 bits per heavy atom. The second-order valence-corrected chi connectivity index (χ2v) is 2.68. The topological polar surface area (TPSA) is 94.1 Å². The van der Waals surface area contributed by atoms with Crippen LogP contribution >= 0.6 is 0 Å². The minimum atomic E-state index is -0.824. The van der Waals surface area contributed by atoms with Gasteiger partial charge in [-0.3, -0.25) is 19.0 Å². The van der Waals surface area contributed by atoms with E-state index >= 15 is 0 Å². The average molecular weight is 212 g/mol. The van der Waals surface area contributed by atoms with Gasteiger partial charge in [0.2, 0.25) is 6.33 Å². The molecule has 0 spiro atoms. The maximum atomic E-state index is 11.1. The first-order valence-corrected chi connectivity index (χ1v) is 4.38. The van der Waals surface area contributed by atoms with Crippen LogP contribution in [0.5, 0.6) is 0 Å². The molecule has 0 unspecified atom stereocenters. The monoisotopic (exact) mass is 212 g/mol. The van der Waals surface area contributed by atoms with E-state index < -0.39 is 11.1 Å². The van der Waals surface area contributed by atoms with Crippen molar-refractivity contribution in [1.82, 2.24) is 14.8 Å². The van der Waals surface area contributed by atoms with Crippen molar-refractivity contribution in [2.75, 3.05) is 6.61 Å². The molecule has 0 bridgehead atoms. The summed E-state index contributed by atoms with van der Waals surface area (Å²) in [6.45, 7) is 1.76. The van der Waals surface area contributed by atoms with Crippen LogP contribution in [0.15, 0.2) is 9.59 Å². The number of H-pyrrole nitrogens is 1. The van der Waals surface area contributed by atoms with Crippen LogP contribution in [0, 0.1) is 6.33 Å². The smallest absolute Gasteiger partial charge is 0.330 e. The molecule has 0 amide bonds. The summed E-state index contributed by atoms with van der Waals surface area (Å²) in [5.41, 5.74) is -1.59. The SMILES string of the molecule is CCC(=O)OCCn1[c]n[nH]c(=O)c1=O. The van der Waals surface area contributed by atoms with E-state index in [-0.39, 0.29) is 25.5 Å². The molecule has 0 aliphatic rings. The maximum Gasteiger partial charge on any atom is 0.330 e. The Morgan fingerprint density at radius 2 is 2.33 bits per heavy atom. The third-order valence-electron chi connectivity index (χ3n) is 1.63. The van der Waals surface area contributed by atoms with E-state index in [9.17, 15) is 14.4 Å². The van der Waals surface area contributed by atoms with Crippen molar-refractivity contribution in [2.45, 2.75) is 19.9 Å². The summed E-state index contributed by atoms with van der Waals surface area (Å²) in [6, 6.07) is 0. The lowest BCUT2D eigenvalue weighted by atomic mass is 10.5. The van der Waals surface area contributed by atoms with E-state index in [0.717, 1.165) is 4.57 Å². The standard InChI is InChI=1S/C8H10N3O4/c1-2-6(12)15-4-3-11-5-9-10-7(13)8(11)14/h2-4H2,1H3,(H,10,13). The number of carbonyl (C=O) groups excluding carboxylic acids is 1. The van der Waals surface area contributed by atoms with E-state index in [1.165, 1.54) is 0 Å². The molecule has 0 fully saturated rings. The van der Waals surface area contributed by atoms with Gasteiger partial charge in [0.1, 0.15) is 6.61 Å². The summed E-state index contributed by atoms with van der Waals surface area (Å²) < 4.78 is 5.69. The molecule has 0 atom stereocenters. The highest BCUT2D eigenvalue weighted by atomic mass is 16.5. The Labute approximate surface area is 84.7 Å². The van der Waals surface area contributed by atoms with Gasteiger partial charge in [0.05, 0.1) is 6.54 Å². The Kier molecular flexibility index (Phi) is 3.78. The Balaban J connectivity index is 2.59. The lowest BCUT2D eigenvalue weighted by Crippen LogP contribution is -2.37. The number of aromatic nitrogens is 3. The van der Waals surface area contributed by atoms with Crippen molar-refractivity contribution >= 4 is 5.97 Å². The average Bonchev–Trinajstić information content (AvgIpc) is 2.24. The van der Waals surface area contributed by atoms with Crippen LogP contribution in [-0.4, -0.2) is 27.3 Å². The van der Waals surface area contributed by atoms with Crippen LogP contribution in [-0.2, 0) is 16.1 Å². The number of hydrogen-bond donors (Lipinski definition) is 1. The molecule has 0 aliphatic carbocycles. The predicted octanol–water partition coefficient (Wildman–Crippen LogP) is -1.32. The second-order valence-electron chi connectivity index (χ2n) is 2.68. The third kappa shape index (κ3) is 3.04. The van der Waals surface area contributed by atoms with Gasteiger partial charge in [-0.05, 0) is 0 Å². The predicted molar refractivity (Wildman–Crippen MR) is 49.2 cm³/mol. The first kappa shape index (κ1) is 11.2. The lowest BCUT2D eigenvalue weighted by Gasteiger charge is -2.03. The van der Waals surface area contributed by atoms with Gasteiger partial charge in [-0.25, -0.2) is 5.10 Å². The Bertz CT molecular complexity index is 448. The number of rotatable bonds is 4. The molecule has 0 saturated heterocycles. The number of nitrogens with zero attached hydrogens (tertiary/aromatic N) is 2. The molecular formula is C8H10N3O4. The van der Waals surface area contributed by atoms with Crippen molar-refractivity contribution in [2.24, 2.45) is 0 Å². The van der Waals surface area contributed by atoms with Crippen LogP contribution in [0.2, 0.25) is 0 Å². The van der Waals surface area contributed by atoms with Gasteiger partial charge in [0.15, 0.2) is 0 Å². The number of esters is 1. The molecule has 1 N–H and O–H groups in total. The highest BCUT2D eigenvalue weighted by Crippen LogP contribution is 1.84. The fourth-order valence-corrected chi connectivity index (χ4v) is 0.856. The number of carbonyl (C=O) groups is 1. The molecule has 0 aromatic carbocycles. The van der Waals surface area contributed by atoms with Crippen LogP contribution < -0.4 is 11.1 Å². The van der Waals surface area contributed by atoms with E-state index in [1.807, 2.05) is 5.10 Å². The van der Waals surface area contributed by atoms with Crippen LogP contribution in [0.4, 0.5) is 0 Å². The Morgan fingerprint density at radius 1 is 1.60 bits per heavy atom. The first-order chi connectivity index (χ1) is 7.15. The maximum absolute atomic E-state index is 11.1. The molecule has 1 heterocycles. The van der Waals surface area contributed by atoms with Gasteiger partial charge < -0.3 is 4.74 Å². The molecule has 15 heavy (non-hydrogen) atoms. The molecule has 1 aromatic rings. The quantitative estimate of drug-likeness (QED) is 0.493.